The van der Waals surface area contributed by atoms with Crippen molar-refractivity contribution >= 4 is 5.97 Å². The molecule has 0 radical (unpaired) electrons. The van der Waals surface area contributed by atoms with Crippen LogP contribution in [-0.4, -0.2) is 15.6 Å². The first-order chi connectivity index (χ1) is 6.08. The maximum atomic E-state index is 11.1. The fraction of sp³-hybridized carbons (Fsp3) is 0.500. The van der Waals surface area contributed by atoms with Crippen LogP contribution in [0.4, 0.5) is 0 Å². The number of carboxylic acids is 1. The van der Waals surface area contributed by atoms with Gasteiger partial charge in [-0.15, -0.1) is 0 Å². The number of hydrogen-bond donors (Lipinski definition) is 1. The van der Waals surface area contributed by atoms with Gasteiger partial charge in [-0.2, -0.15) is 0 Å². The Morgan fingerprint density at radius 3 is 2.15 bits per heavy atom. The molecule has 0 aliphatic heterocycles. The Morgan fingerprint density at radius 1 is 1.38 bits per heavy atom. The first-order valence-electron chi connectivity index (χ1n) is 4.47. The standard InChI is InChI=1S/C10H13NO2/c1-7-3-4-8(2)11(7)10(5-6-10)9(12)13/h3-4H,5-6H2,1-2H3,(H,12,13). The highest BCUT2D eigenvalue weighted by Crippen LogP contribution is 2.45. The first-order valence-corrected chi connectivity index (χ1v) is 4.47. The van der Waals surface area contributed by atoms with Crippen LogP contribution >= 0.6 is 0 Å². The van der Waals surface area contributed by atoms with Crippen molar-refractivity contribution in [2.75, 3.05) is 0 Å². The van der Waals surface area contributed by atoms with Crippen LogP contribution in [0.2, 0.25) is 0 Å². The van der Waals surface area contributed by atoms with E-state index in [1.54, 1.807) is 0 Å². The molecular formula is C10H13NO2. The number of hydrogen-bond acceptors (Lipinski definition) is 1. The maximum absolute atomic E-state index is 11.1. The summed E-state index contributed by atoms with van der Waals surface area (Å²) in [6.07, 6.45) is 1.53. The lowest BCUT2D eigenvalue weighted by molar-refractivity contribution is -0.142. The molecule has 0 unspecified atom stereocenters. The van der Waals surface area contributed by atoms with Gasteiger partial charge in [-0.25, -0.2) is 4.79 Å². The molecule has 1 aromatic heterocycles. The molecule has 1 fully saturated rings. The summed E-state index contributed by atoms with van der Waals surface area (Å²) in [6.45, 7) is 3.91. The van der Waals surface area contributed by atoms with Crippen molar-refractivity contribution in [1.82, 2.24) is 4.57 Å². The molecule has 3 nitrogen and oxygen atoms in total. The average molecular weight is 179 g/mol. The molecule has 0 aromatic carbocycles. The molecule has 1 aliphatic rings. The Labute approximate surface area is 77.0 Å². The number of rotatable bonds is 2. The molecule has 3 heteroatoms. The van der Waals surface area contributed by atoms with Gasteiger partial charge in [-0.1, -0.05) is 0 Å². The molecule has 0 spiro atoms. The van der Waals surface area contributed by atoms with E-state index < -0.39 is 11.5 Å². The summed E-state index contributed by atoms with van der Waals surface area (Å²) >= 11 is 0. The molecule has 1 saturated carbocycles. The van der Waals surface area contributed by atoms with Gasteiger partial charge in [-0.05, 0) is 38.8 Å². The molecule has 1 N–H and O–H groups in total. The molecule has 1 heterocycles. The topological polar surface area (TPSA) is 42.2 Å². The molecule has 70 valence electrons. The minimum Gasteiger partial charge on any atom is -0.479 e. The highest BCUT2D eigenvalue weighted by atomic mass is 16.4. The third-order valence-corrected chi connectivity index (χ3v) is 2.82. The van der Waals surface area contributed by atoms with Gasteiger partial charge in [0.1, 0.15) is 5.54 Å². The van der Waals surface area contributed by atoms with Crippen molar-refractivity contribution in [3.05, 3.63) is 23.5 Å². The second kappa shape index (κ2) is 2.37. The van der Waals surface area contributed by atoms with E-state index in [9.17, 15) is 4.79 Å². The van der Waals surface area contributed by atoms with E-state index >= 15 is 0 Å². The zero-order chi connectivity index (χ0) is 9.64. The number of aliphatic carboxylic acids is 1. The summed E-state index contributed by atoms with van der Waals surface area (Å²) < 4.78 is 1.94. The van der Waals surface area contributed by atoms with Gasteiger partial charge in [-0.3, -0.25) is 0 Å². The van der Waals surface area contributed by atoms with E-state index in [0.29, 0.717) is 0 Å². The fourth-order valence-electron chi connectivity index (χ4n) is 2.00. The number of carbonyl (C=O) groups is 1. The summed E-state index contributed by atoms with van der Waals surface area (Å²) in [6, 6.07) is 3.94. The molecule has 0 bridgehead atoms. The molecule has 13 heavy (non-hydrogen) atoms. The lowest BCUT2D eigenvalue weighted by atomic mass is 10.2. The molecule has 0 atom stereocenters. The minimum absolute atomic E-state index is 0.613. The Hall–Kier alpha value is -1.25. The number of aryl methyl sites for hydroxylation is 2. The van der Waals surface area contributed by atoms with Crippen LogP contribution < -0.4 is 0 Å². The zero-order valence-corrected chi connectivity index (χ0v) is 7.87. The molecule has 0 amide bonds. The highest BCUT2D eigenvalue weighted by molar-refractivity contribution is 5.80. The summed E-state index contributed by atoms with van der Waals surface area (Å²) in [7, 11) is 0. The number of nitrogens with zero attached hydrogens (tertiary/aromatic N) is 1. The summed E-state index contributed by atoms with van der Waals surface area (Å²) in [4.78, 5) is 11.1. The largest absolute Gasteiger partial charge is 0.479 e. The SMILES string of the molecule is Cc1ccc(C)n1C1(C(=O)O)CC1. The molecular weight excluding hydrogens is 166 g/mol. The van der Waals surface area contributed by atoms with Crippen molar-refractivity contribution in [2.24, 2.45) is 0 Å². The molecule has 1 aromatic rings. The first kappa shape index (κ1) is 8.35. The summed E-state index contributed by atoms with van der Waals surface area (Å²) in [5, 5.41) is 9.10. The van der Waals surface area contributed by atoms with Crippen LogP contribution in [0.1, 0.15) is 24.2 Å². The van der Waals surface area contributed by atoms with Gasteiger partial charge in [0.05, 0.1) is 0 Å². The Bertz CT molecular complexity index is 342. The van der Waals surface area contributed by atoms with E-state index in [2.05, 4.69) is 0 Å². The minimum atomic E-state index is -0.699. The number of carboxylic acid groups (broad SMARTS) is 1. The third-order valence-electron chi connectivity index (χ3n) is 2.82. The van der Waals surface area contributed by atoms with Gasteiger partial charge < -0.3 is 9.67 Å². The lowest BCUT2D eigenvalue weighted by Crippen LogP contribution is -2.28. The molecule has 0 saturated heterocycles. The van der Waals surface area contributed by atoms with Gasteiger partial charge in [0.25, 0.3) is 0 Å². The summed E-state index contributed by atoms with van der Waals surface area (Å²) in [5.74, 6) is -0.699. The van der Waals surface area contributed by atoms with E-state index in [-0.39, 0.29) is 0 Å². The maximum Gasteiger partial charge on any atom is 0.329 e. The van der Waals surface area contributed by atoms with Gasteiger partial charge in [0.2, 0.25) is 0 Å². The van der Waals surface area contributed by atoms with Gasteiger partial charge in [0, 0.05) is 11.4 Å². The van der Waals surface area contributed by atoms with Crippen LogP contribution in [0.25, 0.3) is 0 Å². The third kappa shape index (κ3) is 0.996. The van der Waals surface area contributed by atoms with Crippen molar-refractivity contribution in [3.63, 3.8) is 0 Å². The van der Waals surface area contributed by atoms with Crippen LogP contribution in [0.3, 0.4) is 0 Å². The Kier molecular flexibility index (Phi) is 1.53. The lowest BCUT2D eigenvalue weighted by Gasteiger charge is -2.17. The molecule has 1 aliphatic carbocycles. The van der Waals surface area contributed by atoms with Crippen molar-refractivity contribution < 1.29 is 9.90 Å². The molecule has 2 rings (SSSR count). The van der Waals surface area contributed by atoms with Crippen molar-refractivity contribution in [1.29, 1.82) is 0 Å². The van der Waals surface area contributed by atoms with Crippen LogP contribution in [-0.2, 0) is 10.3 Å². The smallest absolute Gasteiger partial charge is 0.329 e. The van der Waals surface area contributed by atoms with Crippen molar-refractivity contribution in [3.8, 4) is 0 Å². The predicted octanol–water partition coefficient (Wildman–Crippen LogP) is 1.68. The zero-order valence-electron chi connectivity index (χ0n) is 7.87. The van der Waals surface area contributed by atoms with Crippen LogP contribution in [0.15, 0.2) is 12.1 Å². The second-order valence-corrected chi connectivity index (χ2v) is 3.79. The van der Waals surface area contributed by atoms with E-state index in [0.717, 1.165) is 24.2 Å². The normalized spacial score (nSPS) is 18.6. The fourth-order valence-corrected chi connectivity index (χ4v) is 2.00. The Morgan fingerprint density at radius 2 is 1.85 bits per heavy atom. The van der Waals surface area contributed by atoms with Gasteiger partial charge in [0.15, 0.2) is 0 Å². The van der Waals surface area contributed by atoms with E-state index in [1.165, 1.54) is 0 Å². The van der Waals surface area contributed by atoms with Gasteiger partial charge >= 0.3 is 5.97 Å². The van der Waals surface area contributed by atoms with Crippen LogP contribution in [0.5, 0.6) is 0 Å². The number of aromatic nitrogens is 1. The summed E-state index contributed by atoms with van der Waals surface area (Å²) in [5.41, 5.74) is 1.47. The van der Waals surface area contributed by atoms with Crippen molar-refractivity contribution in [2.45, 2.75) is 32.2 Å². The Balaban J connectivity index is 2.51. The highest BCUT2D eigenvalue weighted by Gasteiger charge is 2.52. The average Bonchev–Trinajstić information content (AvgIpc) is 2.77. The van der Waals surface area contributed by atoms with E-state index in [4.69, 9.17) is 5.11 Å². The quantitative estimate of drug-likeness (QED) is 0.750. The second-order valence-electron chi connectivity index (χ2n) is 3.79. The van der Waals surface area contributed by atoms with E-state index in [1.807, 2.05) is 30.5 Å². The predicted molar refractivity (Wildman–Crippen MR) is 48.7 cm³/mol. The monoisotopic (exact) mass is 179 g/mol. The van der Waals surface area contributed by atoms with Crippen LogP contribution in [0, 0.1) is 13.8 Å².